The number of nitrogens with one attached hydrogen (secondary N) is 2. The Morgan fingerprint density at radius 1 is 1.47 bits per heavy atom. The number of fused-ring (bicyclic) bond motifs is 1. The predicted octanol–water partition coefficient (Wildman–Crippen LogP) is 0.936. The molecule has 3 heterocycles. The van der Waals surface area contributed by atoms with E-state index in [0.29, 0.717) is 6.42 Å². The lowest BCUT2D eigenvalue weighted by Gasteiger charge is -2.39. The van der Waals surface area contributed by atoms with Gasteiger partial charge in [0.2, 0.25) is 5.91 Å². The third kappa shape index (κ3) is 1.76. The second kappa shape index (κ2) is 3.81. The molecule has 1 aliphatic heterocycles. The summed E-state index contributed by atoms with van der Waals surface area (Å²) in [5.74, 6) is 0.0708. The van der Waals surface area contributed by atoms with E-state index in [0.717, 1.165) is 11.2 Å². The molecule has 1 fully saturated rings. The van der Waals surface area contributed by atoms with Crippen molar-refractivity contribution in [2.45, 2.75) is 18.9 Å². The maximum atomic E-state index is 11.9. The van der Waals surface area contributed by atoms with Crippen molar-refractivity contribution < 1.29 is 4.79 Å². The van der Waals surface area contributed by atoms with Crippen LogP contribution >= 0.6 is 0 Å². The van der Waals surface area contributed by atoms with Crippen LogP contribution in [0.1, 0.15) is 18.9 Å². The van der Waals surface area contributed by atoms with Gasteiger partial charge in [-0.25, -0.2) is 4.98 Å². The number of imidazole rings is 1. The summed E-state index contributed by atoms with van der Waals surface area (Å²) in [7, 11) is 1.61. The standard InChI is InChI=1S/C13H15N5O/c1-13(7-11(19)17(2)12(14)16-13)9-3-4-10-15-5-6-18(10)8-9/h3-6,8H,7H2,1-2H3,(H2,14,16)/t13-/m0/s1. The molecular formula is C13H15N5O. The van der Waals surface area contributed by atoms with Gasteiger partial charge in [-0.3, -0.25) is 15.1 Å². The van der Waals surface area contributed by atoms with Gasteiger partial charge in [0, 0.05) is 25.6 Å². The van der Waals surface area contributed by atoms with Gasteiger partial charge in [0.05, 0.1) is 12.0 Å². The summed E-state index contributed by atoms with van der Waals surface area (Å²) in [5.41, 5.74) is 1.27. The number of hydrogen-bond donors (Lipinski definition) is 2. The Labute approximate surface area is 110 Å². The molecule has 98 valence electrons. The zero-order chi connectivity index (χ0) is 13.6. The molecule has 6 nitrogen and oxygen atoms in total. The second-order valence-electron chi connectivity index (χ2n) is 5.05. The van der Waals surface area contributed by atoms with Crippen LogP contribution in [0.5, 0.6) is 0 Å². The number of guanidine groups is 1. The molecule has 0 bridgehead atoms. The molecule has 1 atom stereocenters. The smallest absolute Gasteiger partial charge is 0.231 e. The molecule has 1 saturated heterocycles. The molecule has 0 radical (unpaired) electrons. The van der Waals surface area contributed by atoms with E-state index in [2.05, 4.69) is 10.3 Å². The first kappa shape index (κ1) is 11.7. The molecule has 3 rings (SSSR count). The van der Waals surface area contributed by atoms with Crippen molar-refractivity contribution in [2.24, 2.45) is 0 Å². The minimum Gasteiger partial charge on any atom is -0.346 e. The van der Waals surface area contributed by atoms with Gasteiger partial charge in [0.1, 0.15) is 5.65 Å². The Bertz CT molecular complexity index is 656. The molecule has 0 spiro atoms. The van der Waals surface area contributed by atoms with Crippen LogP contribution in [-0.4, -0.2) is 33.2 Å². The number of carbonyl (C=O) groups excluding carboxylic acids is 1. The molecule has 0 saturated carbocycles. The Balaban J connectivity index is 2.04. The Morgan fingerprint density at radius 3 is 3.00 bits per heavy atom. The minimum atomic E-state index is -0.556. The summed E-state index contributed by atoms with van der Waals surface area (Å²) in [4.78, 5) is 17.5. The molecule has 0 unspecified atom stereocenters. The molecule has 0 aromatic carbocycles. The number of hydrogen-bond acceptors (Lipinski definition) is 3. The van der Waals surface area contributed by atoms with Gasteiger partial charge >= 0.3 is 0 Å². The Kier molecular flexibility index (Phi) is 2.35. The molecule has 19 heavy (non-hydrogen) atoms. The van der Waals surface area contributed by atoms with Gasteiger partial charge in [-0.1, -0.05) is 6.07 Å². The lowest BCUT2D eigenvalue weighted by Crippen LogP contribution is -2.58. The first-order chi connectivity index (χ1) is 8.99. The highest BCUT2D eigenvalue weighted by molar-refractivity contribution is 5.98. The normalized spacial score (nSPS) is 23.8. The van der Waals surface area contributed by atoms with Crippen LogP contribution < -0.4 is 5.32 Å². The fourth-order valence-corrected chi connectivity index (χ4v) is 2.36. The highest BCUT2D eigenvalue weighted by Gasteiger charge is 2.38. The summed E-state index contributed by atoms with van der Waals surface area (Å²) in [6.45, 7) is 1.94. The third-order valence-electron chi connectivity index (χ3n) is 3.63. The largest absolute Gasteiger partial charge is 0.346 e. The highest BCUT2D eigenvalue weighted by atomic mass is 16.2. The molecule has 2 N–H and O–H groups in total. The molecule has 0 aliphatic carbocycles. The van der Waals surface area contributed by atoms with Gasteiger partial charge in [0.25, 0.3) is 0 Å². The average Bonchev–Trinajstić information content (AvgIpc) is 2.83. The van der Waals surface area contributed by atoms with Crippen molar-refractivity contribution in [3.63, 3.8) is 0 Å². The van der Waals surface area contributed by atoms with E-state index in [1.54, 1.807) is 13.2 Å². The molecule has 1 aliphatic rings. The van der Waals surface area contributed by atoms with E-state index in [9.17, 15) is 4.79 Å². The number of carbonyl (C=O) groups is 1. The zero-order valence-corrected chi connectivity index (χ0v) is 10.8. The third-order valence-corrected chi connectivity index (χ3v) is 3.63. The zero-order valence-electron chi connectivity index (χ0n) is 10.8. The van der Waals surface area contributed by atoms with E-state index in [4.69, 9.17) is 5.41 Å². The van der Waals surface area contributed by atoms with Crippen LogP contribution in [0.2, 0.25) is 0 Å². The number of pyridine rings is 1. The molecule has 2 aromatic heterocycles. The van der Waals surface area contributed by atoms with Crippen molar-refractivity contribution >= 4 is 17.5 Å². The SMILES string of the molecule is CN1C(=N)N[C@](C)(c2ccc3nccn3c2)CC1=O. The van der Waals surface area contributed by atoms with Gasteiger partial charge in [-0.15, -0.1) is 0 Å². The lowest BCUT2D eigenvalue weighted by molar-refractivity contribution is -0.129. The first-order valence-electron chi connectivity index (χ1n) is 6.06. The second-order valence-corrected chi connectivity index (χ2v) is 5.05. The summed E-state index contributed by atoms with van der Waals surface area (Å²) in [6.07, 6.45) is 5.87. The summed E-state index contributed by atoms with van der Waals surface area (Å²) >= 11 is 0. The van der Waals surface area contributed by atoms with Crippen LogP contribution in [-0.2, 0) is 10.3 Å². The summed E-state index contributed by atoms with van der Waals surface area (Å²) in [6, 6.07) is 3.86. The van der Waals surface area contributed by atoms with E-state index >= 15 is 0 Å². The molecule has 1 amide bonds. The quantitative estimate of drug-likeness (QED) is 0.798. The van der Waals surface area contributed by atoms with Crippen LogP contribution in [0.25, 0.3) is 5.65 Å². The van der Waals surface area contributed by atoms with E-state index in [-0.39, 0.29) is 11.9 Å². The topological polar surface area (TPSA) is 73.5 Å². The first-order valence-corrected chi connectivity index (χ1v) is 6.06. The maximum absolute atomic E-state index is 11.9. The summed E-state index contributed by atoms with van der Waals surface area (Å²) < 4.78 is 1.91. The van der Waals surface area contributed by atoms with Gasteiger partial charge in [0.15, 0.2) is 5.96 Å². The monoisotopic (exact) mass is 257 g/mol. The van der Waals surface area contributed by atoms with Gasteiger partial charge in [-0.05, 0) is 18.6 Å². The fraction of sp³-hybridized carbons (Fsp3) is 0.308. The Morgan fingerprint density at radius 2 is 2.26 bits per heavy atom. The Hall–Kier alpha value is -2.37. The summed E-state index contributed by atoms with van der Waals surface area (Å²) in [5, 5.41) is 10.9. The van der Waals surface area contributed by atoms with E-state index in [1.807, 2.05) is 35.9 Å². The van der Waals surface area contributed by atoms with Crippen LogP contribution in [0.3, 0.4) is 0 Å². The van der Waals surface area contributed by atoms with Gasteiger partial charge < -0.3 is 9.72 Å². The van der Waals surface area contributed by atoms with Crippen LogP contribution in [0.15, 0.2) is 30.7 Å². The number of amides is 1. The van der Waals surface area contributed by atoms with Crippen molar-refractivity contribution in [3.05, 3.63) is 36.3 Å². The molecule has 6 heteroatoms. The number of aromatic nitrogens is 2. The van der Waals surface area contributed by atoms with Gasteiger partial charge in [-0.2, -0.15) is 0 Å². The average molecular weight is 257 g/mol. The van der Waals surface area contributed by atoms with E-state index in [1.165, 1.54) is 4.90 Å². The highest BCUT2D eigenvalue weighted by Crippen LogP contribution is 2.28. The predicted molar refractivity (Wildman–Crippen MR) is 70.8 cm³/mol. The number of rotatable bonds is 1. The molecule has 2 aromatic rings. The lowest BCUT2D eigenvalue weighted by atomic mass is 9.87. The number of nitrogens with zero attached hydrogens (tertiary/aromatic N) is 3. The van der Waals surface area contributed by atoms with Crippen LogP contribution in [0.4, 0.5) is 0 Å². The van der Waals surface area contributed by atoms with Crippen LogP contribution in [0, 0.1) is 5.41 Å². The van der Waals surface area contributed by atoms with E-state index < -0.39 is 5.54 Å². The van der Waals surface area contributed by atoms with Crippen molar-refractivity contribution in [3.8, 4) is 0 Å². The maximum Gasteiger partial charge on any atom is 0.231 e. The minimum absolute atomic E-state index is 0.0584. The fourth-order valence-electron chi connectivity index (χ4n) is 2.36. The molecular weight excluding hydrogens is 242 g/mol. The van der Waals surface area contributed by atoms with Crippen molar-refractivity contribution in [1.82, 2.24) is 19.6 Å². The van der Waals surface area contributed by atoms with Crippen molar-refractivity contribution in [1.29, 1.82) is 5.41 Å². The van der Waals surface area contributed by atoms with Crippen molar-refractivity contribution in [2.75, 3.05) is 7.05 Å².